The highest BCUT2D eigenvalue weighted by molar-refractivity contribution is 5.88. The van der Waals surface area contributed by atoms with Gasteiger partial charge in [0.15, 0.2) is 17.3 Å². The minimum Gasteiger partial charge on any atom is -0.507 e. The van der Waals surface area contributed by atoms with E-state index in [9.17, 15) is 55.9 Å². The monoisotopic (exact) mass is 640 g/mol. The molecule has 17 nitrogen and oxygen atoms in total. The van der Waals surface area contributed by atoms with E-state index >= 15 is 0 Å². The third-order valence-corrected chi connectivity index (χ3v) is 7.53. The molecule has 0 unspecified atom stereocenters. The van der Waals surface area contributed by atoms with E-state index in [0.717, 1.165) is 12.1 Å². The van der Waals surface area contributed by atoms with Crippen molar-refractivity contribution in [2.24, 2.45) is 0 Å². The lowest BCUT2D eigenvalue weighted by Crippen LogP contribution is -2.60. The molecule has 45 heavy (non-hydrogen) atoms. The summed E-state index contributed by atoms with van der Waals surface area (Å²) in [6, 6.07) is 5.87. The van der Waals surface area contributed by atoms with Crippen LogP contribution in [0.2, 0.25) is 0 Å². The predicted molar refractivity (Wildman–Crippen MR) is 147 cm³/mol. The molecule has 0 aliphatic carbocycles. The molecular formula is C28H32O17. The van der Waals surface area contributed by atoms with Crippen molar-refractivity contribution in [3.8, 4) is 40.1 Å². The fourth-order valence-corrected chi connectivity index (χ4v) is 5.02. The van der Waals surface area contributed by atoms with Crippen LogP contribution in [-0.4, -0.2) is 133 Å². The number of fused-ring (bicyclic) bond motifs is 1. The summed E-state index contributed by atoms with van der Waals surface area (Å²) in [6.07, 6.45) is -16.8. The molecule has 246 valence electrons. The maximum atomic E-state index is 13.8. The lowest BCUT2D eigenvalue weighted by atomic mass is 9.99. The third-order valence-electron chi connectivity index (χ3n) is 7.53. The van der Waals surface area contributed by atoms with Crippen molar-refractivity contribution < 1.29 is 79.2 Å². The topological polar surface area (TPSA) is 279 Å². The van der Waals surface area contributed by atoms with Crippen LogP contribution in [0.4, 0.5) is 0 Å². The molecule has 2 fully saturated rings. The number of hydrogen-bond donors (Lipinski definition) is 10. The summed E-state index contributed by atoms with van der Waals surface area (Å²) >= 11 is 0. The van der Waals surface area contributed by atoms with E-state index in [2.05, 4.69) is 0 Å². The first kappa shape index (κ1) is 32.6. The van der Waals surface area contributed by atoms with Gasteiger partial charge in [-0.3, -0.25) is 4.79 Å². The SMILES string of the molecule is COc1cc(-c2oc3cc(O[C@@H]4O[C@H](CO)[C@@H](O)[C@H](O)[C@H]4O)cc(O)c3c(=O)c2O[C@@H]2O[C@H](CO)[C@@H](O)[C@H](O)[C@H]2O)ccc1O. The molecule has 0 radical (unpaired) electrons. The van der Waals surface area contributed by atoms with Gasteiger partial charge in [-0.25, -0.2) is 0 Å². The summed E-state index contributed by atoms with van der Waals surface area (Å²) in [6.45, 7) is -1.50. The largest absolute Gasteiger partial charge is 0.507 e. The van der Waals surface area contributed by atoms with E-state index in [1.165, 1.54) is 25.3 Å². The number of ether oxygens (including phenoxy) is 5. The Morgan fingerprint density at radius 1 is 0.733 bits per heavy atom. The Labute approximate surface area is 252 Å². The summed E-state index contributed by atoms with van der Waals surface area (Å²) in [4.78, 5) is 13.8. The Hall–Kier alpha value is -3.75. The molecule has 3 aromatic rings. The lowest BCUT2D eigenvalue weighted by Gasteiger charge is -2.39. The van der Waals surface area contributed by atoms with Crippen LogP contribution >= 0.6 is 0 Å². The second kappa shape index (κ2) is 12.9. The molecule has 2 aromatic carbocycles. The van der Waals surface area contributed by atoms with Crippen LogP contribution in [0.1, 0.15) is 0 Å². The fourth-order valence-electron chi connectivity index (χ4n) is 5.02. The van der Waals surface area contributed by atoms with Gasteiger partial charge >= 0.3 is 0 Å². The molecule has 0 bridgehead atoms. The van der Waals surface area contributed by atoms with Gasteiger partial charge in [0, 0.05) is 17.7 Å². The summed E-state index contributed by atoms with van der Waals surface area (Å²) in [5, 5.41) is 101. The first-order chi connectivity index (χ1) is 21.4. The van der Waals surface area contributed by atoms with Crippen molar-refractivity contribution in [3.63, 3.8) is 0 Å². The molecule has 17 heteroatoms. The Morgan fingerprint density at radius 2 is 1.31 bits per heavy atom. The maximum Gasteiger partial charge on any atom is 0.239 e. The average Bonchev–Trinajstić information content (AvgIpc) is 3.02. The second-order valence-electron chi connectivity index (χ2n) is 10.4. The first-order valence-electron chi connectivity index (χ1n) is 13.6. The standard InChI is InChI=1S/C28H32O17/c1-40-13-4-9(2-3-11(13)31)25-26(45-28-24(39)22(37)19(34)16(8-30)44-28)20(35)17-12(32)5-10(6-14(17)42-25)41-27-23(38)21(36)18(33)15(7-29)43-27/h2-6,15-16,18-19,21-24,27-34,36-39H,7-8H2,1H3/t15-,16-,18-,19-,21+,22+,23-,24-,27-,28+/m1/s1. The van der Waals surface area contributed by atoms with Gasteiger partial charge in [-0.15, -0.1) is 0 Å². The zero-order valence-electron chi connectivity index (χ0n) is 23.4. The molecule has 2 saturated heterocycles. The summed E-state index contributed by atoms with van der Waals surface area (Å²) in [5.41, 5.74) is -1.27. The molecular weight excluding hydrogens is 608 g/mol. The summed E-state index contributed by atoms with van der Waals surface area (Å²) in [5.74, 6) is -2.30. The predicted octanol–water partition coefficient (Wildman–Crippen LogP) is -2.76. The normalized spacial score (nSPS) is 31.9. The van der Waals surface area contributed by atoms with Gasteiger partial charge in [0.25, 0.3) is 0 Å². The second-order valence-corrected chi connectivity index (χ2v) is 10.4. The van der Waals surface area contributed by atoms with Gasteiger partial charge in [0.1, 0.15) is 71.3 Å². The van der Waals surface area contributed by atoms with E-state index in [0.29, 0.717) is 0 Å². The van der Waals surface area contributed by atoms with Gasteiger partial charge in [0.05, 0.1) is 20.3 Å². The van der Waals surface area contributed by atoms with Gasteiger partial charge in [-0.2, -0.15) is 0 Å². The minimum atomic E-state index is -1.91. The molecule has 10 atom stereocenters. The van der Waals surface area contributed by atoms with Crippen LogP contribution in [0.25, 0.3) is 22.3 Å². The zero-order chi connectivity index (χ0) is 32.7. The van der Waals surface area contributed by atoms with Crippen LogP contribution in [0.5, 0.6) is 28.7 Å². The molecule has 2 aliphatic heterocycles. The quantitative estimate of drug-likeness (QED) is 0.119. The van der Waals surface area contributed by atoms with Crippen LogP contribution in [-0.2, 0) is 9.47 Å². The van der Waals surface area contributed by atoms with Crippen molar-refractivity contribution >= 4 is 11.0 Å². The maximum absolute atomic E-state index is 13.8. The Kier molecular flexibility index (Phi) is 9.38. The number of hydrogen-bond acceptors (Lipinski definition) is 17. The molecule has 1 aromatic heterocycles. The average molecular weight is 641 g/mol. The molecule has 5 rings (SSSR count). The number of aliphatic hydroxyl groups excluding tert-OH is 8. The number of benzene rings is 2. The van der Waals surface area contributed by atoms with E-state index in [-0.39, 0.29) is 34.2 Å². The number of phenolic OH excluding ortho intramolecular Hbond substituents is 2. The molecule has 2 aliphatic rings. The molecule has 0 saturated carbocycles. The third kappa shape index (κ3) is 5.98. The van der Waals surface area contributed by atoms with Crippen LogP contribution < -0.4 is 19.6 Å². The van der Waals surface area contributed by atoms with E-state index < -0.39 is 96.9 Å². The highest BCUT2D eigenvalue weighted by Gasteiger charge is 2.46. The van der Waals surface area contributed by atoms with Gasteiger partial charge < -0.3 is 79.2 Å². The number of methoxy groups -OCH3 is 1. The van der Waals surface area contributed by atoms with Crippen molar-refractivity contribution in [2.45, 2.75) is 61.4 Å². The van der Waals surface area contributed by atoms with Gasteiger partial charge in [0.2, 0.25) is 23.8 Å². The molecule has 0 amide bonds. The molecule has 0 spiro atoms. The van der Waals surface area contributed by atoms with Crippen LogP contribution in [0, 0.1) is 0 Å². The van der Waals surface area contributed by atoms with Crippen LogP contribution in [0.15, 0.2) is 39.5 Å². The minimum absolute atomic E-state index is 0.0448. The Morgan fingerprint density at radius 3 is 1.87 bits per heavy atom. The number of aliphatic hydroxyl groups is 8. The van der Waals surface area contributed by atoms with Crippen LogP contribution in [0.3, 0.4) is 0 Å². The number of aromatic hydroxyl groups is 2. The van der Waals surface area contributed by atoms with E-state index in [1.807, 2.05) is 0 Å². The Bertz CT molecular complexity index is 1570. The number of rotatable bonds is 8. The van der Waals surface area contributed by atoms with Crippen molar-refractivity contribution in [3.05, 3.63) is 40.6 Å². The van der Waals surface area contributed by atoms with Gasteiger partial charge in [-0.1, -0.05) is 0 Å². The molecule has 10 N–H and O–H groups in total. The zero-order valence-corrected chi connectivity index (χ0v) is 23.4. The highest BCUT2D eigenvalue weighted by atomic mass is 16.7. The first-order valence-corrected chi connectivity index (χ1v) is 13.6. The van der Waals surface area contributed by atoms with E-state index in [4.69, 9.17) is 28.1 Å². The molecule has 3 heterocycles. The van der Waals surface area contributed by atoms with Crippen molar-refractivity contribution in [1.29, 1.82) is 0 Å². The summed E-state index contributed by atoms with van der Waals surface area (Å²) < 4.78 is 33.1. The lowest BCUT2D eigenvalue weighted by molar-refractivity contribution is -0.277. The van der Waals surface area contributed by atoms with Crippen molar-refractivity contribution in [2.75, 3.05) is 20.3 Å². The highest BCUT2D eigenvalue weighted by Crippen LogP contribution is 2.40. The number of phenols is 2. The fraction of sp³-hybridized carbons (Fsp3) is 0.464. The van der Waals surface area contributed by atoms with E-state index in [1.54, 1.807) is 0 Å². The Balaban J connectivity index is 1.61. The van der Waals surface area contributed by atoms with Crippen molar-refractivity contribution in [1.82, 2.24) is 0 Å². The summed E-state index contributed by atoms with van der Waals surface area (Å²) in [7, 11) is 1.27. The van der Waals surface area contributed by atoms with Gasteiger partial charge in [-0.05, 0) is 18.2 Å². The smallest absolute Gasteiger partial charge is 0.239 e.